The smallest absolute Gasteiger partial charge is 0.374 e. The number of morpholine rings is 1. The minimum absolute atomic E-state index is 0.124. The van der Waals surface area contributed by atoms with Crippen molar-refractivity contribution in [2.24, 2.45) is 0 Å². The molecular formula is C9H17F3N2O. The molecular weight excluding hydrogens is 209 g/mol. The van der Waals surface area contributed by atoms with Gasteiger partial charge in [0.15, 0.2) is 0 Å². The third kappa shape index (κ3) is 5.34. The van der Waals surface area contributed by atoms with Crippen molar-refractivity contribution in [2.75, 3.05) is 39.3 Å². The van der Waals surface area contributed by atoms with E-state index in [0.29, 0.717) is 13.2 Å². The molecule has 1 rings (SSSR count). The van der Waals surface area contributed by atoms with Crippen molar-refractivity contribution in [2.45, 2.75) is 19.2 Å². The molecule has 1 unspecified atom stereocenters. The first kappa shape index (κ1) is 12.7. The predicted molar refractivity (Wildman–Crippen MR) is 50.8 cm³/mol. The van der Waals surface area contributed by atoms with Gasteiger partial charge in [0.25, 0.3) is 0 Å². The van der Waals surface area contributed by atoms with E-state index in [9.17, 15) is 13.2 Å². The monoisotopic (exact) mass is 226 g/mol. The predicted octanol–water partition coefficient (Wildman–Crippen LogP) is 0.859. The third-order valence-corrected chi connectivity index (χ3v) is 2.37. The number of nitrogens with zero attached hydrogens (tertiary/aromatic N) is 1. The molecule has 6 heteroatoms. The number of alkyl halides is 3. The molecule has 90 valence electrons. The molecule has 1 heterocycles. The molecule has 0 saturated carbocycles. The van der Waals surface area contributed by atoms with E-state index < -0.39 is 12.7 Å². The Morgan fingerprint density at radius 3 is 2.80 bits per heavy atom. The highest BCUT2D eigenvalue weighted by atomic mass is 19.4. The van der Waals surface area contributed by atoms with Gasteiger partial charge in [-0.2, -0.15) is 13.2 Å². The standard InChI is InChI=1S/C9H17F3N2O/c1-2-14-3-4-15-8(6-14)5-13-7-9(10,11)12/h8,13H,2-7H2,1H3. The molecule has 0 aliphatic carbocycles. The lowest BCUT2D eigenvalue weighted by Crippen LogP contribution is -2.47. The molecule has 0 bridgehead atoms. The Morgan fingerprint density at radius 1 is 1.47 bits per heavy atom. The fourth-order valence-electron chi connectivity index (χ4n) is 1.57. The Kier molecular flexibility index (Phi) is 4.82. The van der Waals surface area contributed by atoms with Gasteiger partial charge in [-0.25, -0.2) is 0 Å². The number of halogens is 3. The maximum Gasteiger partial charge on any atom is 0.401 e. The largest absolute Gasteiger partial charge is 0.401 e. The van der Waals surface area contributed by atoms with Gasteiger partial charge in [0.1, 0.15) is 0 Å². The molecule has 1 aliphatic rings. The van der Waals surface area contributed by atoms with Gasteiger partial charge in [0.05, 0.1) is 19.3 Å². The van der Waals surface area contributed by atoms with Gasteiger partial charge < -0.3 is 10.1 Å². The minimum atomic E-state index is -4.14. The van der Waals surface area contributed by atoms with Crippen LogP contribution in [-0.2, 0) is 4.74 Å². The number of rotatable bonds is 4. The molecule has 3 nitrogen and oxygen atoms in total. The second-order valence-corrected chi connectivity index (χ2v) is 3.63. The average molecular weight is 226 g/mol. The Hall–Kier alpha value is -0.330. The van der Waals surface area contributed by atoms with Gasteiger partial charge in [-0.1, -0.05) is 6.92 Å². The molecule has 0 aromatic carbocycles. The van der Waals surface area contributed by atoms with Gasteiger partial charge in [-0.15, -0.1) is 0 Å². The summed E-state index contributed by atoms with van der Waals surface area (Å²) in [6.07, 6.45) is -4.26. The van der Waals surface area contributed by atoms with Crippen LogP contribution >= 0.6 is 0 Å². The SMILES string of the molecule is CCN1CCOC(CNCC(F)(F)F)C1. The Balaban J connectivity index is 2.15. The quantitative estimate of drug-likeness (QED) is 0.769. The van der Waals surface area contributed by atoms with Crippen LogP contribution in [-0.4, -0.2) is 56.5 Å². The van der Waals surface area contributed by atoms with Crippen LogP contribution in [0.3, 0.4) is 0 Å². The average Bonchev–Trinajstić information content (AvgIpc) is 2.16. The number of likely N-dealkylation sites (N-methyl/N-ethyl adjacent to an activating group) is 1. The topological polar surface area (TPSA) is 24.5 Å². The molecule has 1 N–H and O–H groups in total. The molecule has 0 aromatic heterocycles. The lowest BCUT2D eigenvalue weighted by atomic mass is 10.2. The van der Waals surface area contributed by atoms with Crippen molar-refractivity contribution in [3.8, 4) is 0 Å². The fraction of sp³-hybridized carbons (Fsp3) is 1.00. The first-order valence-electron chi connectivity index (χ1n) is 5.12. The second-order valence-electron chi connectivity index (χ2n) is 3.63. The normalized spacial score (nSPS) is 24.4. The fourth-order valence-corrected chi connectivity index (χ4v) is 1.57. The number of nitrogens with one attached hydrogen (secondary N) is 1. The van der Waals surface area contributed by atoms with E-state index in [1.54, 1.807) is 0 Å². The van der Waals surface area contributed by atoms with E-state index >= 15 is 0 Å². The van der Waals surface area contributed by atoms with Gasteiger partial charge in [-0.05, 0) is 6.54 Å². The maximum atomic E-state index is 11.8. The zero-order valence-corrected chi connectivity index (χ0v) is 8.81. The minimum Gasteiger partial charge on any atom is -0.374 e. The van der Waals surface area contributed by atoms with Gasteiger partial charge in [-0.3, -0.25) is 4.90 Å². The summed E-state index contributed by atoms with van der Waals surface area (Å²) < 4.78 is 40.9. The van der Waals surface area contributed by atoms with Crippen molar-refractivity contribution < 1.29 is 17.9 Å². The van der Waals surface area contributed by atoms with Crippen LogP contribution in [0.4, 0.5) is 13.2 Å². The summed E-state index contributed by atoms with van der Waals surface area (Å²) in [5.74, 6) is 0. The lowest BCUT2D eigenvalue weighted by molar-refractivity contribution is -0.126. The van der Waals surface area contributed by atoms with Gasteiger partial charge >= 0.3 is 6.18 Å². The summed E-state index contributed by atoms with van der Waals surface area (Å²) in [6.45, 7) is 4.44. The van der Waals surface area contributed by atoms with Crippen molar-refractivity contribution in [3.05, 3.63) is 0 Å². The van der Waals surface area contributed by atoms with Crippen LogP contribution in [0.15, 0.2) is 0 Å². The molecule has 15 heavy (non-hydrogen) atoms. The van der Waals surface area contributed by atoms with Crippen LogP contribution in [0, 0.1) is 0 Å². The highest BCUT2D eigenvalue weighted by Gasteiger charge is 2.27. The van der Waals surface area contributed by atoms with Crippen LogP contribution in [0.1, 0.15) is 6.92 Å². The van der Waals surface area contributed by atoms with Crippen LogP contribution in [0.5, 0.6) is 0 Å². The molecule has 0 aromatic rings. The molecule has 1 fully saturated rings. The molecule has 1 saturated heterocycles. The first-order valence-corrected chi connectivity index (χ1v) is 5.12. The third-order valence-electron chi connectivity index (χ3n) is 2.37. The summed E-state index contributed by atoms with van der Waals surface area (Å²) in [4.78, 5) is 2.17. The summed E-state index contributed by atoms with van der Waals surface area (Å²) in [7, 11) is 0. The molecule has 1 aliphatic heterocycles. The number of hydrogen-bond acceptors (Lipinski definition) is 3. The summed E-state index contributed by atoms with van der Waals surface area (Å²) in [5.41, 5.74) is 0. The van der Waals surface area contributed by atoms with E-state index in [2.05, 4.69) is 10.2 Å². The van der Waals surface area contributed by atoms with E-state index in [0.717, 1.165) is 13.1 Å². The summed E-state index contributed by atoms with van der Waals surface area (Å²) in [5, 5.41) is 2.36. The summed E-state index contributed by atoms with van der Waals surface area (Å²) in [6, 6.07) is 0. The Morgan fingerprint density at radius 2 is 2.20 bits per heavy atom. The van der Waals surface area contributed by atoms with E-state index in [1.165, 1.54) is 0 Å². The Labute approximate surface area is 87.6 Å². The van der Waals surface area contributed by atoms with Crippen LogP contribution in [0.25, 0.3) is 0 Å². The molecule has 1 atom stereocenters. The van der Waals surface area contributed by atoms with Crippen molar-refractivity contribution in [3.63, 3.8) is 0 Å². The van der Waals surface area contributed by atoms with E-state index in [1.807, 2.05) is 6.92 Å². The van der Waals surface area contributed by atoms with E-state index in [4.69, 9.17) is 4.74 Å². The highest BCUT2D eigenvalue weighted by Crippen LogP contribution is 2.12. The zero-order valence-electron chi connectivity index (χ0n) is 8.81. The first-order chi connectivity index (χ1) is 7.01. The number of ether oxygens (including phenoxy) is 1. The molecule has 0 radical (unpaired) electrons. The maximum absolute atomic E-state index is 11.8. The summed E-state index contributed by atoms with van der Waals surface area (Å²) >= 11 is 0. The van der Waals surface area contributed by atoms with Gasteiger partial charge in [0, 0.05) is 19.6 Å². The number of hydrogen-bond donors (Lipinski definition) is 1. The van der Waals surface area contributed by atoms with Crippen molar-refractivity contribution >= 4 is 0 Å². The van der Waals surface area contributed by atoms with Crippen LogP contribution in [0.2, 0.25) is 0 Å². The second kappa shape index (κ2) is 5.67. The van der Waals surface area contributed by atoms with Crippen molar-refractivity contribution in [1.29, 1.82) is 0 Å². The Bertz CT molecular complexity index is 187. The van der Waals surface area contributed by atoms with Crippen molar-refractivity contribution in [1.82, 2.24) is 10.2 Å². The van der Waals surface area contributed by atoms with Crippen LogP contribution < -0.4 is 5.32 Å². The highest BCUT2D eigenvalue weighted by molar-refractivity contribution is 4.73. The van der Waals surface area contributed by atoms with Gasteiger partial charge in [0.2, 0.25) is 0 Å². The van der Waals surface area contributed by atoms with E-state index in [-0.39, 0.29) is 12.6 Å². The molecule has 0 amide bonds. The molecule has 0 spiro atoms. The zero-order chi connectivity index (χ0) is 11.3. The lowest BCUT2D eigenvalue weighted by Gasteiger charge is -2.32.